The molecule has 234 valence electrons. The average molecular weight is 596 g/mol. The minimum atomic E-state index is -1.64. The highest BCUT2D eigenvalue weighted by Gasteiger charge is 2.34. The van der Waals surface area contributed by atoms with E-state index in [1.807, 2.05) is 0 Å². The lowest BCUT2D eigenvalue weighted by atomic mass is 10.0. The highest BCUT2D eigenvalue weighted by molar-refractivity contribution is 5.97. The summed E-state index contributed by atoms with van der Waals surface area (Å²) < 4.78 is 0. The molecule has 6 atom stereocenters. The van der Waals surface area contributed by atoms with Crippen LogP contribution in [0.3, 0.4) is 0 Å². The molecule has 0 aliphatic heterocycles. The number of benzene rings is 1. The SMILES string of the molecule is C[C@@H](O)[C@H](NC(=O)[C@@H](N)CO)C(=O)N[C@@H](CC(N)=O)C(=O)N[C@@H](CCCCN)C(=O)N[C@@H](Cc1ccccc1)C(=O)O. The van der Waals surface area contributed by atoms with Crippen molar-refractivity contribution < 1.29 is 44.1 Å². The second-order valence-corrected chi connectivity index (χ2v) is 9.68. The molecule has 1 aromatic rings. The molecule has 0 radical (unpaired) electrons. The first-order chi connectivity index (χ1) is 19.8. The number of nitrogens with one attached hydrogen (secondary N) is 4. The molecule has 0 bridgehead atoms. The van der Waals surface area contributed by atoms with Crippen LogP contribution >= 0.6 is 0 Å². The number of aliphatic hydroxyl groups excluding tert-OH is 2. The molecule has 5 amide bonds. The predicted octanol–water partition coefficient (Wildman–Crippen LogP) is -4.04. The molecule has 0 fully saturated rings. The number of hydrogen-bond acceptors (Lipinski definition) is 10. The largest absolute Gasteiger partial charge is 0.480 e. The third-order valence-electron chi connectivity index (χ3n) is 6.11. The number of rotatable bonds is 19. The molecule has 42 heavy (non-hydrogen) atoms. The Morgan fingerprint density at radius 3 is 1.93 bits per heavy atom. The fourth-order valence-corrected chi connectivity index (χ4v) is 3.78. The van der Waals surface area contributed by atoms with Gasteiger partial charge in [-0.25, -0.2) is 4.79 Å². The van der Waals surface area contributed by atoms with Crippen LogP contribution in [0.15, 0.2) is 30.3 Å². The van der Waals surface area contributed by atoms with Gasteiger partial charge in [0.05, 0.1) is 19.1 Å². The minimum absolute atomic E-state index is 0.0296. The number of unbranched alkanes of at least 4 members (excludes halogenated alkanes) is 1. The Morgan fingerprint density at radius 2 is 1.40 bits per heavy atom. The van der Waals surface area contributed by atoms with Crippen molar-refractivity contribution in [3.8, 4) is 0 Å². The number of carboxylic acid groups (broad SMARTS) is 1. The van der Waals surface area contributed by atoms with Crippen molar-refractivity contribution in [1.82, 2.24) is 21.3 Å². The van der Waals surface area contributed by atoms with Crippen LogP contribution in [0.5, 0.6) is 0 Å². The number of hydrogen-bond donors (Lipinski definition) is 10. The molecular formula is C26H41N7O9. The molecule has 0 saturated heterocycles. The van der Waals surface area contributed by atoms with Crippen LogP contribution in [0.2, 0.25) is 0 Å². The molecule has 0 aliphatic carbocycles. The molecule has 1 rings (SSSR count). The fraction of sp³-hybridized carbons (Fsp3) is 0.538. The molecule has 16 nitrogen and oxygen atoms in total. The Morgan fingerprint density at radius 1 is 0.833 bits per heavy atom. The Balaban J connectivity index is 3.12. The summed E-state index contributed by atoms with van der Waals surface area (Å²) in [5.41, 5.74) is 16.9. The van der Waals surface area contributed by atoms with Crippen molar-refractivity contribution in [3.63, 3.8) is 0 Å². The summed E-state index contributed by atoms with van der Waals surface area (Å²) in [6, 6.07) is 1.32. The van der Waals surface area contributed by atoms with E-state index in [9.17, 15) is 39.0 Å². The smallest absolute Gasteiger partial charge is 0.326 e. The van der Waals surface area contributed by atoms with Crippen LogP contribution in [0.4, 0.5) is 0 Å². The van der Waals surface area contributed by atoms with E-state index in [4.69, 9.17) is 22.3 Å². The van der Waals surface area contributed by atoms with Gasteiger partial charge in [-0.3, -0.25) is 24.0 Å². The first kappa shape index (κ1) is 35.9. The van der Waals surface area contributed by atoms with E-state index in [-0.39, 0.29) is 12.8 Å². The maximum Gasteiger partial charge on any atom is 0.326 e. The highest BCUT2D eigenvalue weighted by Crippen LogP contribution is 2.07. The van der Waals surface area contributed by atoms with Gasteiger partial charge in [-0.1, -0.05) is 30.3 Å². The van der Waals surface area contributed by atoms with Crippen LogP contribution in [-0.2, 0) is 35.2 Å². The van der Waals surface area contributed by atoms with E-state index in [1.54, 1.807) is 30.3 Å². The second-order valence-electron chi connectivity index (χ2n) is 9.68. The summed E-state index contributed by atoms with van der Waals surface area (Å²) in [4.78, 5) is 74.8. The van der Waals surface area contributed by atoms with Gasteiger partial charge in [-0.2, -0.15) is 0 Å². The maximum atomic E-state index is 13.2. The molecule has 0 saturated carbocycles. The van der Waals surface area contributed by atoms with Gasteiger partial charge >= 0.3 is 5.97 Å². The van der Waals surface area contributed by atoms with Crippen molar-refractivity contribution in [3.05, 3.63) is 35.9 Å². The summed E-state index contributed by atoms with van der Waals surface area (Å²) in [5, 5.41) is 37.9. The monoisotopic (exact) mass is 595 g/mol. The summed E-state index contributed by atoms with van der Waals surface area (Å²) in [7, 11) is 0. The Kier molecular flexibility index (Phi) is 15.7. The number of carboxylic acids is 1. The van der Waals surface area contributed by atoms with Gasteiger partial charge in [0.1, 0.15) is 30.2 Å². The zero-order valence-corrected chi connectivity index (χ0v) is 23.3. The topological polar surface area (TPSA) is 289 Å². The molecule has 0 heterocycles. The Hall–Kier alpha value is -4.12. The van der Waals surface area contributed by atoms with Gasteiger partial charge in [-0.15, -0.1) is 0 Å². The third kappa shape index (κ3) is 12.6. The van der Waals surface area contributed by atoms with E-state index >= 15 is 0 Å². The summed E-state index contributed by atoms with van der Waals surface area (Å²) >= 11 is 0. The highest BCUT2D eigenvalue weighted by atomic mass is 16.4. The van der Waals surface area contributed by atoms with Gasteiger partial charge in [0.2, 0.25) is 29.5 Å². The molecule has 0 spiro atoms. The number of nitrogens with two attached hydrogens (primary N) is 3. The summed E-state index contributed by atoms with van der Waals surface area (Å²) in [6.45, 7) is 0.722. The molecule has 1 aromatic carbocycles. The van der Waals surface area contributed by atoms with E-state index in [0.29, 0.717) is 24.9 Å². The van der Waals surface area contributed by atoms with Crippen molar-refractivity contribution in [2.45, 2.75) is 75.3 Å². The fourth-order valence-electron chi connectivity index (χ4n) is 3.78. The van der Waals surface area contributed by atoms with E-state index < -0.39 is 84.8 Å². The number of amides is 5. The van der Waals surface area contributed by atoms with Crippen LogP contribution in [0.1, 0.15) is 38.2 Å². The summed E-state index contributed by atoms with van der Waals surface area (Å²) in [5.74, 6) is -6.16. The Labute approximate surface area is 242 Å². The first-order valence-electron chi connectivity index (χ1n) is 13.3. The van der Waals surface area contributed by atoms with E-state index in [1.165, 1.54) is 6.92 Å². The van der Waals surface area contributed by atoms with Gasteiger partial charge in [0.25, 0.3) is 0 Å². The van der Waals surface area contributed by atoms with Gasteiger partial charge in [0, 0.05) is 6.42 Å². The first-order valence-corrected chi connectivity index (χ1v) is 13.3. The van der Waals surface area contributed by atoms with Crippen molar-refractivity contribution in [2.75, 3.05) is 13.2 Å². The average Bonchev–Trinajstić information content (AvgIpc) is 2.93. The predicted molar refractivity (Wildman–Crippen MR) is 149 cm³/mol. The molecule has 16 heteroatoms. The minimum Gasteiger partial charge on any atom is -0.480 e. The number of carbonyl (C=O) groups excluding carboxylic acids is 5. The van der Waals surface area contributed by atoms with Crippen molar-refractivity contribution >= 4 is 35.5 Å². The molecule has 13 N–H and O–H groups in total. The summed E-state index contributed by atoms with van der Waals surface area (Å²) in [6.07, 6.45) is -1.31. The lowest BCUT2D eigenvalue weighted by Crippen LogP contribution is -2.61. The number of primary amides is 1. The van der Waals surface area contributed by atoms with E-state index in [0.717, 1.165) is 0 Å². The number of aliphatic hydroxyl groups is 2. The standard InChI is InChI=1S/C26H41N7O9/c1-14(35)21(33-22(37)16(28)13-34)25(40)31-18(12-20(29)36)24(39)30-17(9-5-6-10-27)23(38)32-19(26(41)42)11-15-7-3-2-4-8-15/h2-4,7-8,14,16-19,21,34-35H,5-6,9-13,27-28H2,1H3,(H2,29,36)(H,30,39)(H,31,40)(H,32,38)(H,33,37)(H,41,42)/t14-,16+,17+,18+,19+,21+/m1/s1. The zero-order valence-electron chi connectivity index (χ0n) is 23.3. The lowest BCUT2D eigenvalue weighted by molar-refractivity contribution is -0.142. The van der Waals surface area contributed by atoms with Crippen LogP contribution in [0.25, 0.3) is 0 Å². The Bertz CT molecular complexity index is 1070. The maximum absolute atomic E-state index is 13.2. The van der Waals surface area contributed by atoms with Gasteiger partial charge < -0.3 is 53.8 Å². The lowest BCUT2D eigenvalue weighted by Gasteiger charge is -2.27. The molecule has 0 unspecified atom stereocenters. The zero-order chi connectivity index (χ0) is 31.8. The van der Waals surface area contributed by atoms with Crippen LogP contribution in [0, 0.1) is 0 Å². The molecule has 0 aromatic heterocycles. The van der Waals surface area contributed by atoms with Crippen molar-refractivity contribution in [2.24, 2.45) is 17.2 Å². The second kappa shape index (κ2) is 18.3. The quantitative estimate of drug-likeness (QED) is 0.0687. The number of aliphatic carboxylic acids is 1. The normalized spacial score (nSPS) is 15.2. The van der Waals surface area contributed by atoms with Gasteiger partial charge in [0.15, 0.2) is 0 Å². The van der Waals surface area contributed by atoms with Crippen LogP contribution < -0.4 is 38.5 Å². The molecule has 0 aliphatic rings. The van der Waals surface area contributed by atoms with Crippen molar-refractivity contribution in [1.29, 1.82) is 0 Å². The van der Waals surface area contributed by atoms with Gasteiger partial charge in [-0.05, 0) is 38.3 Å². The van der Waals surface area contributed by atoms with Crippen LogP contribution in [-0.4, -0.2) is 100 Å². The number of carbonyl (C=O) groups is 6. The third-order valence-corrected chi connectivity index (χ3v) is 6.11. The molecular weight excluding hydrogens is 554 g/mol. The van der Waals surface area contributed by atoms with E-state index in [2.05, 4.69) is 21.3 Å².